The number of alkyl halides is 3. The van der Waals surface area contributed by atoms with Gasteiger partial charge in [0.1, 0.15) is 40.6 Å². The molecule has 8 nitrogen and oxygen atoms in total. The van der Waals surface area contributed by atoms with Crippen LogP contribution in [-0.4, -0.2) is 41.8 Å². The lowest BCUT2D eigenvalue weighted by Gasteiger charge is -2.11. The Kier molecular flexibility index (Phi) is 5.17. The maximum absolute atomic E-state index is 13.0. The first-order valence-corrected chi connectivity index (χ1v) is 10.0. The molecule has 0 amide bonds. The van der Waals surface area contributed by atoms with Gasteiger partial charge in [0.15, 0.2) is 0 Å². The summed E-state index contributed by atoms with van der Waals surface area (Å²) in [7, 11) is 0. The lowest BCUT2D eigenvalue weighted by Crippen LogP contribution is -2.22. The number of hydrogen-bond donors (Lipinski definition) is 3. The summed E-state index contributed by atoms with van der Waals surface area (Å²) in [6.07, 6.45) is 1.87. The van der Waals surface area contributed by atoms with Gasteiger partial charge in [0.25, 0.3) is 0 Å². The first-order chi connectivity index (χ1) is 15.9. The largest absolute Gasteiger partial charge is 0.433 e. The second-order valence-electron chi connectivity index (χ2n) is 7.03. The van der Waals surface area contributed by atoms with Gasteiger partial charge < -0.3 is 15.3 Å². The Bertz CT molecular complexity index is 1490. The van der Waals surface area contributed by atoms with Gasteiger partial charge in [-0.25, -0.2) is 19.9 Å². The molecule has 0 saturated carbocycles. The van der Waals surface area contributed by atoms with Gasteiger partial charge in [-0.05, 0) is 29.8 Å². The highest BCUT2D eigenvalue weighted by Crippen LogP contribution is 2.32. The van der Waals surface area contributed by atoms with Crippen LogP contribution in [0.4, 0.5) is 24.7 Å². The van der Waals surface area contributed by atoms with Crippen molar-refractivity contribution in [1.29, 1.82) is 0 Å². The molecule has 12 heteroatoms. The lowest BCUT2D eigenvalue weighted by atomic mass is 10.0. The van der Waals surface area contributed by atoms with E-state index in [1.807, 2.05) is 6.07 Å². The third-order valence-electron chi connectivity index (χ3n) is 4.96. The zero-order valence-electron chi connectivity index (χ0n) is 16.7. The highest BCUT2D eigenvalue weighted by Gasteiger charge is 2.39. The molecule has 1 aliphatic rings. The predicted molar refractivity (Wildman–Crippen MR) is 119 cm³/mol. The third-order valence-corrected chi connectivity index (χ3v) is 5.26. The average Bonchev–Trinajstić information content (AvgIpc) is 3.53. The lowest BCUT2D eigenvalue weighted by molar-refractivity contribution is -0.0579. The van der Waals surface area contributed by atoms with Crippen molar-refractivity contribution in [1.82, 2.24) is 29.9 Å². The van der Waals surface area contributed by atoms with E-state index in [1.165, 1.54) is 18.7 Å². The Morgan fingerprint density at radius 1 is 0.879 bits per heavy atom. The van der Waals surface area contributed by atoms with Crippen LogP contribution < -0.4 is 5.32 Å². The van der Waals surface area contributed by atoms with Gasteiger partial charge in [0.2, 0.25) is 0 Å². The van der Waals surface area contributed by atoms with E-state index in [-0.39, 0.29) is 12.1 Å². The SMILES string of the molecule is Clc1ncnc2[nH]ccc12.FC(F)(F)C1=NCc2ccc(Nc3ncnc4[nH]ccc34)cc21. The Morgan fingerprint density at radius 2 is 1.58 bits per heavy atom. The average molecular weight is 471 g/mol. The molecule has 1 aromatic carbocycles. The highest BCUT2D eigenvalue weighted by atomic mass is 35.5. The number of aromatic nitrogens is 6. The van der Waals surface area contributed by atoms with Crippen molar-refractivity contribution >= 4 is 50.9 Å². The molecule has 3 N–H and O–H groups in total. The van der Waals surface area contributed by atoms with E-state index in [9.17, 15) is 13.2 Å². The summed E-state index contributed by atoms with van der Waals surface area (Å²) in [5.41, 5.74) is 1.80. The normalized spacial score (nSPS) is 12.9. The molecule has 0 unspecified atom stereocenters. The van der Waals surface area contributed by atoms with E-state index < -0.39 is 11.9 Å². The molecule has 4 aromatic heterocycles. The number of H-pyrrole nitrogens is 2. The molecule has 0 radical (unpaired) electrons. The summed E-state index contributed by atoms with van der Waals surface area (Å²) < 4.78 is 39.0. The first-order valence-electron chi connectivity index (χ1n) is 9.64. The second kappa shape index (κ2) is 8.17. The molecule has 5 aromatic rings. The molecule has 0 aliphatic carbocycles. The van der Waals surface area contributed by atoms with E-state index in [0.717, 1.165) is 16.4 Å². The Morgan fingerprint density at radius 3 is 2.30 bits per heavy atom. The third kappa shape index (κ3) is 4.10. The van der Waals surface area contributed by atoms with Gasteiger partial charge in [0, 0.05) is 23.6 Å². The number of benzene rings is 1. The summed E-state index contributed by atoms with van der Waals surface area (Å²) in [6.45, 7) is 0.0556. The van der Waals surface area contributed by atoms with Crippen LogP contribution in [0.1, 0.15) is 11.1 Å². The van der Waals surface area contributed by atoms with Crippen LogP contribution in [0.15, 0.2) is 60.4 Å². The molecule has 0 fully saturated rings. The Labute approximate surface area is 189 Å². The maximum atomic E-state index is 13.0. The fourth-order valence-electron chi connectivity index (χ4n) is 3.45. The molecular formula is C21H14ClF3N8. The monoisotopic (exact) mass is 470 g/mol. The van der Waals surface area contributed by atoms with Crippen LogP contribution >= 0.6 is 11.6 Å². The number of aliphatic imine (C=N–C) groups is 1. The number of nitrogens with one attached hydrogen (secondary N) is 3. The Hall–Kier alpha value is -3.99. The fourth-order valence-corrected chi connectivity index (χ4v) is 3.65. The smallest absolute Gasteiger partial charge is 0.346 e. The van der Waals surface area contributed by atoms with Crippen molar-refractivity contribution in [2.75, 3.05) is 5.32 Å². The molecule has 0 spiro atoms. The number of nitrogens with zero attached hydrogens (tertiary/aromatic N) is 5. The summed E-state index contributed by atoms with van der Waals surface area (Å²) >= 11 is 5.73. The van der Waals surface area contributed by atoms with Gasteiger partial charge in [-0.15, -0.1) is 0 Å². The fraction of sp³-hybridized carbons (Fsp3) is 0.0952. The second-order valence-corrected chi connectivity index (χ2v) is 7.38. The Balaban J connectivity index is 0.000000190. The van der Waals surface area contributed by atoms with Crippen LogP contribution in [0.5, 0.6) is 0 Å². The number of hydrogen-bond acceptors (Lipinski definition) is 6. The number of halogens is 4. The topological polar surface area (TPSA) is 108 Å². The zero-order chi connectivity index (χ0) is 23.0. The minimum atomic E-state index is -4.45. The molecule has 5 heterocycles. The number of fused-ring (bicyclic) bond motifs is 3. The van der Waals surface area contributed by atoms with Gasteiger partial charge in [0.05, 0.1) is 17.3 Å². The molecule has 0 atom stereocenters. The maximum Gasteiger partial charge on any atom is 0.433 e. The van der Waals surface area contributed by atoms with Gasteiger partial charge in [-0.3, -0.25) is 4.99 Å². The molecule has 0 bridgehead atoms. The molecule has 6 rings (SSSR count). The molecular weight excluding hydrogens is 457 g/mol. The predicted octanol–water partition coefficient (Wildman–Crippen LogP) is 5.18. The summed E-state index contributed by atoms with van der Waals surface area (Å²) in [5, 5.41) is 5.16. The first kappa shape index (κ1) is 20.9. The summed E-state index contributed by atoms with van der Waals surface area (Å²) in [4.78, 5) is 25.5. The van der Waals surface area contributed by atoms with E-state index in [0.29, 0.717) is 27.9 Å². The molecule has 1 aliphatic heterocycles. The van der Waals surface area contributed by atoms with E-state index >= 15 is 0 Å². The van der Waals surface area contributed by atoms with Crippen LogP contribution in [-0.2, 0) is 6.54 Å². The van der Waals surface area contributed by atoms with Crippen LogP contribution in [0.2, 0.25) is 5.15 Å². The van der Waals surface area contributed by atoms with Crippen molar-refractivity contribution in [2.45, 2.75) is 12.7 Å². The number of anilines is 2. The van der Waals surface area contributed by atoms with Crippen molar-refractivity contribution < 1.29 is 13.2 Å². The van der Waals surface area contributed by atoms with E-state index in [4.69, 9.17) is 11.6 Å². The van der Waals surface area contributed by atoms with Crippen molar-refractivity contribution in [2.24, 2.45) is 4.99 Å². The van der Waals surface area contributed by atoms with Crippen LogP contribution in [0.3, 0.4) is 0 Å². The minimum absolute atomic E-state index is 0.0556. The van der Waals surface area contributed by atoms with Crippen LogP contribution in [0, 0.1) is 0 Å². The summed E-state index contributed by atoms with van der Waals surface area (Å²) in [6, 6.07) is 8.46. The van der Waals surface area contributed by atoms with Crippen molar-refractivity contribution in [3.05, 3.63) is 71.7 Å². The van der Waals surface area contributed by atoms with Crippen molar-refractivity contribution in [3.63, 3.8) is 0 Å². The number of rotatable bonds is 2. The highest BCUT2D eigenvalue weighted by molar-refractivity contribution is 6.33. The quantitative estimate of drug-likeness (QED) is 0.308. The van der Waals surface area contributed by atoms with Gasteiger partial charge >= 0.3 is 6.18 Å². The minimum Gasteiger partial charge on any atom is -0.346 e. The van der Waals surface area contributed by atoms with Gasteiger partial charge in [-0.1, -0.05) is 17.7 Å². The van der Waals surface area contributed by atoms with E-state index in [1.54, 1.807) is 30.6 Å². The number of aromatic amines is 2. The van der Waals surface area contributed by atoms with Crippen LogP contribution in [0.25, 0.3) is 22.1 Å². The molecule has 0 saturated heterocycles. The van der Waals surface area contributed by atoms with E-state index in [2.05, 4.69) is 40.2 Å². The zero-order valence-corrected chi connectivity index (χ0v) is 17.4. The molecule has 166 valence electrons. The van der Waals surface area contributed by atoms with Crippen molar-refractivity contribution in [3.8, 4) is 0 Å². The standard InChI is InChI=1S/C15H10F3N5.C6H4ClN3/c16-15(17,18)12-11-5-9(2-1-8(11)6-20-12)23-14-10-3-4-19-13(10)21-7-22-14;7-5-4-1-2-8-6(4)10-3-9-5/h1-5,7H,6H2,(H2,19,21,22,23);1-3H,(H,8,9,10). The summed E-state index contributed by atoms with van der Waals surface area (Å²) in [5.74, 6) is 0.527. The van der Waals surface area contributed by atoms with Gasteiger partial charge in [-0.2, -0.15) is 13.2 Å². The molecule has 33 heavy (non-hydrogen) atoms.